The molecule has 1 N–H and O–H groups in total. The lowest BCUT2D eigenvalue weighted by atomic mass is 10.1. The van der Waals surface area contributed by atoms with E-state index in [1.165, 1.54) is 23.2 Å². The number of amides is 1. The normalized spacial score (nSPS) is 16.3. The molecule has 2 aromatic heterocycles. The fourth-order valence-electron chi connectivity index (χ4n) is 3.94. The van der Waals surface area contributed by atoms with Gasteiger partial charge in [0.2, 0.25) is 0 Å². The van der Waals surface area contributed by atoms with Gasteiger partial charge in [-0.05, 0) is 31.0 Å². The van der Waals surface area contributed by atoms with Gasteiger partial charge in [-0.3, -0.25) is 14.5 Å². The molecule has 1 saturated heterocycles. The van der Waals surface area contributed by atoms with E-state index in [-0.39, 0.29) is 29.1 Å². The minimum atomic E-state index is -4.82. The van der Waals surface area contributed by atoms with Gasteiger partial charge in [0.05, 0.1) is 28.4 Å². The Morgan fingerprint density at radius 2 is 2.06 bits per heavy atom. The van der Waals surface area contributed by atoms with Gasteiger partial charge >= 0.3 is 12.3 Å². The number of carbonyl (C=O) groups is 2. The van der Waals surface area contributed by atoms with Crippen LogP contribution < -0.4 is 9.64 Å². The van der Waals surface area contributed by atoms with E-state index < -0.39 is 18.1 Å². The van der Waals surface area contributed by atoms with E-state index in [9.17, 15) is 22.8 Å². The lowest BCUT2D eigenvalue weighted by Crippen LogP contribution is -2.41. The highest BCUT2D eigenvalue weighted by Gasteiger charge is 2.33. The number of fused-ring (bicyclic) bond motifs is 2. The van der Waals surface area contributed by atoms with Crippen molar-refractivity contribution in [3.05, 3.63) is 54.2 Å². The molecule has 176 valence electrons. The second-order valence-corrected chi connectivity index (χ2v) is 8.81. The second kappa shape index (κ2) is 8.73. The number of thiazole rings is 1. The van der Waals surface area contributed by atoms with Gasteiger partial charge in [0, 0.05) is 29.8 Å². The molecule has 2 aromatic carbocycles. The number of nitrogens with zero attached hydrogens (tertiary/aromatic N) is 2. The molecule has 4 aromatic rings. The van der Waals surface area contributed by atoms with Gasteiger partial charge in [-0.25, -0.2) is 4.98 Å². The quantitative estimate of drug-likeness (QED) is 0.302. The number of ketones is 1. The van der Waals surface area contributed by atoms with Crippen molar-refractivity contribution in [1.29, 1.82) is 0 Å². The highest BCUT2D eigenvalue weighted by Crippen LogP contribution is 2.34. The highest BCUT2D eigenvalue weighted by molar-refractivity contribution is 7.22. The second-order valence-electron chi connectivity index (χ2n) is 7.80. The molecule has 1 unspecified atom stereocenters. The highest BCUT2D eigenvalue weighted by atomic mass is 32.1. The zero-order valence-electron chi connectivity index (χ0n) is 17.6. The van der Waals surface area contributed by atoms with Crippen LogP contribution in [0.25, 0.3) is 21.1 Å². The molecule has 0 saturated carbocycles. The number of hydrogen-bond donors (Lipinski definition) is 1. The average molecular weight is 489 g/mol. The van der Waals surface area contributed by atoms with E-state index in [2.05, 4.69) is 14.7 Å². The van der Waals surface area contributed by atoms with Gasteiger partial charge in [-0.15, -0.1) is 13.2 Å². The summed E-state index contributed by atoms with van der Waals surface area (Å²) in [6, 6.07) is 10.9. The Balaban J connectivity index is 1.49. The molecule has 5 rings (SSSR count). The van der Waals surface area contributed by atoms with Gasteiger partial charge in [-0.1, -0.05) is 29.5 Å². The molecule has 34 heavy (non-hydrogen) atoms. The Kier molecular flexibility index (Phi) is 5.74. The lowest BCUT2D eigenvalue weighted by molar-refractivity contribution is -0.274. The molecule has 0 spiro atoms. The van der Waals surface area contributed by atoms with Gasteiger partial charge < -0.3 is 14.5 Å². The lowest BCUT2D eigenvalue weighted by Gasteiger charge is -2.22. The first-order chi connectivity index (χ1) is 16.3. The topological polar surface area (TPSA) is 84.5 Å². The van der Waals surface area contributed by atoms with Gasteiger partial charge in [-0.2, -0.15) is 0 Å². The molecule has 0 aliphatic carbocycles. The van der Waals surface area contributed by atoms with Crippen molar-refractivity contribution in [2.75, 3.05) is 18.1 Å². The van der Waals surface area contributed by atoms with Crippen LogP contribution in [-0.4, -0.2) is 47.3 Å². The van der Waals surface area contributed by atoms with E-state index in [1.807, 2.05) is 6.07 Å². The molecule has 3 heterocycles. The summed E-state index contributed by atoms with van der Waals surface area (Å²) in [7, 11) is 0. The zero-order valence-corrected chi connectivity index (χ0v) is 18.4. The van der Waals surface area contributed by atoms with Crippen LogP contribution >= 0.6 is 11.3 Å². The molecule has 7 nitrogen and oxygen atoms in total. The van der Waals surface area contributed by atoms with Gasteiger partial charge in [0.1, 0.15) is 5.75 Å². The molecule has 0 bridgehead atoms. The first-order valence-corrected chi connectivity index (χ1v) is 11.3. The maximum atomic E-state index is 13.4. The number of H-pyrrole nitrogens is 1. The monoisotopic (exact) mass is 489 g/mol. The van der Waals surface area contributed by atoms with Crippen LogP contribution in [-0.2, 0) is 9.53 Å². The Hall–Kier alpha value is -3.44. The molecule has 1 aliphatic rings. The number of aromatic nitrogens is 2. The summed E-state index contributed by atoms with van der Waals surface area (Å²) in [6.45, 7) is 0.666. The third-order valence-electron chi connectivity index (χ3n) is 5.50. The van der Waals surface area contributed by atoms with Crippen molar-refractivity contribution in [2.24, 2.45) is 0 Å². The largest absolute Gasteiger partial charge is 0.573 e. The fourth-order valence-corrected chi connectivity index (χ4v) is 4.94. The van der Waals surface area contributed by atoms with E-state index >= 15 is 0 Å². The minimum Gasteiger partial charge on any atom is -0.406 e. The Labute approximate surface area is 195 Å². The van der Waals surface area contributed by atoms with Crippen LogP contribution in [0.15, 0.2) is 48.7 Å². The summed E-state index contributed by atoms with van der Waals surface area (Å²) < 4.78 is 47.8. The molecule has 1 aliphatic heterocycles. The maximum Gasteiger partial charge on any atom is 0.573 e. The van der Waals surface area contributed by atoms with E-state index in [4.69, 9.17) is 4.74 Å². The summed E-state index contributed by atoms with van der Waals surface area (Å²) >= 11 is 1.01. The summed E-state index contributed by atoms with van der Waals surface area (Å²) in [5, 5.41) is 0.823. The fraction of sp³-hybridized carbons (Fsp3) is 0.261. The number of para-hydroxylation sites is 1. The van der Waals surface area contributed by atoms with Crippen LogP contribution in [0.1, 0.15) is 23.2 Å². The number of nitrogens with one attached hydrogen (secondary N) is 1. The molecule has 1 fully saturated rings. The van der Waals surface area contributed by atoms with Crippen LogP contribution in [0.3, 0.4) is 0 Å². The van der Waals surface area contributed by atoms with Crippen LogP contribution in [0, 0.1) is 0 Å². The van der Waals surface area contributed by atoms with Crippen molar-refractivity contribution in [2.45, 2.75) is 25.3 Å². The van der Waals surface area contributed by atoms with E-state index in [0.717, 1.165) is 35.8 Å². The Morgan fingerprint density at radius 1 is 1.24 bits per heavy atom. The number of halogens is 3. The predicted molar refractivity (Wildman–Crippen MR) is 120 cm³/mol. The molecule has 11 heteroatoms. The first-order valence-electron chi connectivity index (χ1n) is 10.5. The molecule has 1 atom stereocenters. The molecule has 0 radical (unpaired) electrons. The number of hydrogen-bond acceptors (Lipinski definition) is 6. The number of rotatable bonds is 6. The van der Waals surface area contributed by atoms with E-state index in [1.54, 1.807) is 18.2 Å². The minimum absolute atomic E-state index is 0.110. The zero-order chi connectivity index (χ0) is 23.9. The van der Waals surface area contributed by atoms with Crippen molar-refractivity contribution in [1.82, 2.24) is 9.97 Å². The summed E-state index contributed by atoms with van der Waals surface area (Å²) in [4.78, 5) is 35.3. The number of aromatic amines is 1. The molecular formula is C23H18F3N3O4S. The van der Waals surface area contributed by atoms with Crippen molar-refractivity contribution in [3.8, 4) is 5.75 Å². The first kappa shape index (κ1) is 22.4. The van der Waals surface area contributed by atoms with E-state index in [0.29, 0.717) is 22.2 Å². The third-order valence-corrected chi connectivity index (χ3v) is 6.54. The van der Waals surface area contributed by atoms with Crippen LogP contribution in [0.4, 0.5) is 18.3 Å². The third kappa shape index (κ3) is 4.48. The van der Waals surface area contributed by atoms with Crippen molar-refractivity contribution < 1.29 is 32.2 Å². The number of ether oxygens (including phenoxy) is 2. The maximum absolute atomic E-state index is 13.4. The number of anilines is 1. The molecule has 1 amide bonds. The number of Topliss-reactive ketones (excluding diaryl/α,β-unsaturated/α-hetero) is 1. The van der Waals surface area contributed by atoms with Gasteiger partial charge in [0.25, 0.3) is 5.78 Å². The standard InChI is InChI=1S/C23H18F3N3O4S/c24-23(25,26)33-13-7-8-18-19(10-13)34-22(28-18)29(12-14-4-3-9-32-14)21(31)20(30)16-11-27-17-6-2-1-5-15(16)17/h1-2,5-8,10-11,14,27H,3-4,9,12H2. The van der Waals surface area contributed by atoms with Crippen molar-refractivity contribution >= 4 is 49.3 Å². The average Bonchev–Trinajstić information content (AvgIpc) is 3.54. The summed E-state index contributed by atoms with van der Waals surface area (Å²) in [5.74, 6) is -1.89. The Bertz CT molecular complexity index is 1370. The SMILES string of the molecule is O=C(C(=O)N(CC1CCCO1)c1nc2ccc(OC(F)(F)F)cc2s1)c1c[nH]c2ccccc12. The number of carbonyl (C=O) groups excluding carboxylic acids is 2. The summed E-state index contributed by atoms with van der Waals surface area (Å²) in [5.41, 5.74) is 1.35. The smallest absolute Gasteiger partial charge is 0.406 e. The number of benzene rings is 2. The Morgan fingerprint density at radius 3 is 2.82 bits per heavy atom. The van der Waals surface area contributed by atoms with Crippen LogP contribution in [0.2, 0.25) is 0 Å². The van der Waals surface area contributed by atoms with Crippen molar-refractivity contribution in [3.63, 3.8) is 0 Å². The van der Waals surface area contributed by atoms with Gasteiger partial charge in [0.15, 0.2) is 5.13 Å². The summed E-state index contributed by atoms with van der Waals surface area (Å²) in [6.07, 6.45) is -2.04. The number of alkyl halides is 3. The molecular weight excluding hydrogens is 471 g/mol. The van der Waals surface area contributed by atoms with Crippen LogP contribution in [0.5, 0.6) is 5.75 Å². The predicted octanol–water partition coefficient (Wildman–Crippen LogP) is 5.07.